The zero-order valence-electron chi connectivity index (χ0n) is 15.9. The molecule has 144 valence electrons. The molecule has 0 spiro atoms. The fourth-order valence-electron chi connectivity index (χ4n) is 2.75. The van der Waals surface area contributed by atoms with Crippen molar-refractivity contribution in [2.24, 2.45) is 0 Å². The number of nitrogens with one attached hydrogen (secondary N) is 2. The number of carbonyl (C=O) groups is 1. The van der Waals surface area contributed by atoms with Crippen molar-refractivity contribution in [3.05, 3.63) is 0 Å². The molecule has 0 aliphatic carbocycles. The van der Waals surface area contributed by atoms with Crippen LogP contribution in [0.5, 0.6) is 0 Å². The quantitative estimate of drug-likeness (QED) is 0.411. The average Bonchev–Trinajstić information content (AvgIpc) is 2.51. The van der Waals surface area contributed by atoms with Crippen LogP contribution >= 0.6 is 0 Å². The first-order valence-corrected chi connectivity index (χ1v) is 11.5. The van der Waals surface area contributed by atoms with E-state index in [4.69, 9.17) is 0 Å². The number of sulfonamides is 1. The second-order valence-corrected chi connectivity index (χ2v) is 8.60. The van der Waals surface area contributed by atoms with Crippen LogP contribution in [0.3, 0.4) is 0 Å². The topological polar surface area (TPSA) is 75.3 Å². The van der Waals surface area contributed by atoms with Crippen LogP contribution in [-0.4, -0.2) is 33.2 Å². The summed E-state index contributed by atoms with van der Waals surface area (Å²) in [6.45, 7) is 4.24. The normalized spacial score (nSPS) is 11.8. The summed E-state index contributed by atoms with van der Waals surface area (Å²) >= 11 is 0. The van der Waals surface area contributed by atoms with Gasteiger partial charge in [-0.05, 0) is 12.8 Å². The lowest BCUT2D eigenvalue weighted by Crippen LogP contribution is -2.41. The summed E-state index contributed by atoms with van der Waals surface area (Å²) in [4.78, 5) is 11.9. The highest BCUT2D eigenvalue weighted by molar-refractivity contribution is 7.88. The van der Waals surface area contributed by atoms with E-state index in [2.05, 4.69) is 23.9 Å². The van der Waals surface area contributed by atoms with Crippen molar-refractivity contribution >= 4 is 15.9 Å². The highest BCUT2D eigenvalue weighted by Gasteiger charge is 2.13. The molecule has 6 heteroatoms. The van der Waals surface area contributed by atoms with Gasteiger partial charge in [-0.1, -0.05) is 78.1 Å². The van der Waals surface area contributed by atoms with E-state index in [9.17, 15) is 13.2 Å². The Balaban J connectivity index is 4.15. The fourth-order valence-corrected chi connectivity index (χ4v) is 3.15. The molecule has 0 atom stereocenters. The smallest absolute Gasteiger partial charge is 0.235 e. The van der Waals surface area contributed by atoms with Gasteiger partial charge in [0.2, 0.25) is 15.9 Å². The van der Waals surface area contributed by atoms with Crippen molar-refractivity contribution in [1.29, 1.82) is 0 Å². The number of rotatable bonds is 16. The summed E-state index contributed by atoms with van der Waals surface area (Å²) in [6, 6.07) is 0.169. The summed E-state index contributed by atoms with van der Waals surface area (Å²) in [6.07, 6.45) is 15.2. The largest absolute Gasteiger partial charge is 0.352 e. The van der Waals surface area contributed by atoms with Gasteiger partial charge in [0.15, 0.2) is 0 Å². The van der Waals surface area contributed by atoms with Gasteiger partial charge < -0.3 is 5.32 Å². The Labute approximate surface area is 149 Å². The molecule has 0 aromatic heterocycles. The van der Waals surface area contributed by atoms with Gasteiger partial charge >= 0.3 is 0 Å². The average molecular weight is 363 g/mol. The molecular formula is C18H38N2O3S. The summed E-state index contributed by atoms with van der Waals surface area (Å²) in [5.41, 5.74) is 0. The van der Waals surface area contributed by atoms with Crippen LogP contribution in [0.25, 0.3) is 0 Å². The Hall–Kier alpha value is -0.620. The monoisotopic (exact) mass is 362 g/mol. The lowest BCUT2D eigenvalue weighted by Gasteiger charge is -2.19. The van der Waals surface area contributed by atoms with Gasteiger partial charge in [0.05, 0.1) is 12.8 Å². The molecule has 1 amide bonds. The van der Waals surface area contributed by atoms with Crippen LogP contribution in [0.1, 0.15) is 90.9 Å². The molecule has 0 aliphatic heterocycles. The molecular weight excluding hydrogens is 324 g/mol. The minimum absolute atomic E-state index is 0.166. The zero-order chi connectivity index (χ0) is 18.3. The van der Waals surface area contributed by atoms with Gasteiger partial charge in [-0.15, -0.1) is 0 Å². The molecule has 0 rings (SSSR count). The Morgan fingerprint density at radius 1 is 0.833 bits per heavy atom. The summed E-state index contributed by atoms with van der Waals surface area (Å²) < 4.78 is 24.4. The summed E-state index contributed by atoms with van der Waals surface area (Å²) in [5.74, 6) is -0.229. The summed E-state index contributed by atoms with van der Waals surface area (Å²) in [5, 5.41) is 3.01. The van der Waals surface area contributed by atoms with E-state index >= 15 is 0 Å². The molecule has 0 aliphatic rings. The molecule has 0 heterocycles. The van der Waals surface area contributed by atoms with Gasteiger partial charge in [0, 0.05) is 6.04 Å². The minimum Gasteiger partial charge on any atom is -0.352 e. The van der Waals surface area contributed by atoms with Crippen LogP contribution in [0.4, 0.5) is 0 Å². The number of carbonyl (C=O) groups excluding carboxylic acids is 1. The van der Waals surface area contributed by atoms with E-state index in [-0.39, 0.29) is 18.5 Å². The number of hydrogen-bond donors (Lipinski definition) is 2. The molecule has 0 fully saturated rings. The van der Waals surface area contributed by atoms with Gasteiger partial charge in [0.25, 0.3) is 0 Å². The van der Waals surface area contributed by atoms with Gasteiger partial charge in [-0.25, -0.2) is 13.1 Å². The van der Waals surface area contributed by atoms with Crippen molar-refractivity contribution in [2.75, 3.05) is 12.8 Å². The Morgan fingerprint density at radius 2 is 1.29 bits per heavy atom. The summed E-state index contributed by atoms with van der Waals surface area (Å²) in [7, 11) is -3.32. The van der Waals surface area contributed by atoms with E-state index in [1.54, 1.807) is 0 Å². The van der Waals surface area contributed by atoms with Crippen LogP contribution < -0.4 is 10.0 Å². The molecule has 0 radical (unpaired) electrons. The van der Waals surface area contributed by atoms with Crippen LogP contribution in [0.15, 0.2) is 0 Å². The van der Waals surface area contributed by atoms with Crippen molar-refractivity contribution in [2.45, 2.75) is 96.9 Å². The first kappa shape index (κ1) is 23.4. The highest BCUT2D eigenvalue weighted by atomic mass is 32.2. The lowest BCUT2D eigenvalue weighted by molar-refractivity contribution is -0.120. The molecule has 0 saturated carbocycles. The Morgan fingerprint density at radius 3 is 1.71 bits per heavy atom. The SMILES string of the molecule is CCCCCCCC(CCCCCCC)NC(=O)CNS(C)(=O)=O. The first-order chi connectivity index (χ1) is 11.4. The van der Waals surface area contributed by atoms with E-state index in [1.165, 1.54) is 51.4 Å². The number of hydrogen-bond acceptors (Lipinski definition) is 3. The predicted octanol–water partition coefficient (Wildman–Crippen LogP) is 3.74. The van der Waals surface area contributed by atoms with Crippen LogP contribution in [-0.2, 0) is 14.8 Å². The standard InChI is InChI=1S/C18H38N2O3S/c1-4-6-8-10-12-14-17(15-13-11-9-7-5-2)20-18(21)16-19-24(3,22)23/h17,19H,4-16H2,1-3H3,(H,20,21). The van der Waals surface area contributed by atoms with Gasteiger partial charge in [-0.2, -0.15) is 0 Å². The first-order valence-electron chi connectivity index (χ1n) is 9.63. The predicted molar refractivity (Wildman–Crippen MR) is 102 cm³/mol. The second kappa shape index (κ2) is 14.7. The maximum Gasteiger partial charge on any atom is 0.235 e. The molecule has 0 unspecified atom stereocenters. The molecule has 0 aromatic carbocycles. The molecule has 0 aromatic rings. The van der Waals surface area contributed by atoms with Crippen molar-refractivity contribution in [3.63, 3.8) is 0 Å². The third kappa shape index (κ3) is 16.2. The number of amides is 1. The molecule has 24 heavy (non-hydrogen) atoms. The minimum atomic E-state index is -3.32. The van der Waals surface area contributed by atoms with E-state index in [1.807, 2.05) is 0 Å². The Bertz CT molecular complexity index is 396. The van der Waals surface area contributed by atoms with E-state index in [0.29, 0.717) is 0 Å². The second-order valence-electron chi connectivity index (χ2n) is 6.76. The van der Waals surface area contributed by atoms with Crippen LogP contribution in [0.2, 0.25) is 0 Å². The molecule has 2 N–H and O–H groups in total. The van der Waals surface area contributed by atoms with E-state index in [0.717, 1.165) is 31.9 Å². The van der Waals surface area contributed by atoms with Crippen molar-refractivity contribution < 1.29 is 13.2 Å². The maximum absolute atomic E-state index is 11.9. The van der Waals surface area contributed by atoms with Crippen molar-refractivity contribution in [3.8, 4) is 0 Å². The molecule has 0 saturated heterocycles. The van der Waals surface area contributed by atoms with E-state index < -0.39 is 10.0 Å². The highest BCUT2D eigenvalue weighted by Crippen LogP contribution is 2.13. The Kier molecular flexibility index (Phi) is 14.3. The lowest BCUT2D eigenvalue weighted by atomic mass is 10.0. The van der Waals surface area contributed by atoms with Gasteiger partial charge in [-0.3, -0.25) is 4.79 Å². The molecule has 0 bridgehead atoms. The maximum atomic E-state index is 11.9. The third-order valence-corrected chi connectivity index (χ3v) is 4.84. The van der Waals surface area contributed by atoms with Crippen LogP contribution in [0, 0.1) is 0 Å². The number of unbranched alkanes of at least 4 members (excludes halogenated alkanes) is 8. The third-order valence-electron chi connectivity index (χ3n) is 4.17. The van der Waals surface area contributed by atoms with Crippen molar-refractivity contribution in [1.82, 2.24) is 10.0 Å². The zero-order valence-corrected chi connectivity index (χ0v) is 16.7. The van der Waals surface area contributed by atoms with Gasteiger partial charge in [0.1, 0.15) is 0 Å². The fraction of sp³-hybridized carbons (Fsp3) is 0.944. The molecule has 5 nitrogen and oxygen atoms in total.